The van der Waals surface area contributed by atoms with Gasteiger partial charge >= 0.3 is 13.1 Å². The summed E-state index contributed by atoms with van der Waals surface area (Å²) in [5.41, 5.74) is 0.304. The number of hydrogen-bond donors (Lipinski definition) is 2. The topological polar surface area (TPSA) is 66.8 Å². The number of hydrogen-bond acceptors (Lipinski definition) is 4. The van der Waals surface area contributed by atoms with Gasteiger partial charge in [-0.2, -0.15) is 0 Å². The van der Waals surface area contributed by atoms with Crippen LogP contribution in [-0.2, 0) is 9.53 Å². The Balaban J connectivity index is 4.38. The van der Waals surface area contributed by atoms with Crippen molar-refractivity contribution in [3.05, 3.63) is 35.9 Å². The standard InChI is InChI=1S/C10H15BO4/c1-3-6-9(11(13)14)7-5-8-10(12)15-4-2/h3,5-8,13-14H,4H2,1-2H3/b6-3-,8-5+,9-7+. The van der Waals surface area contributed by atoms with E-state index in [2.05, 4.69) is 4.74 Å². The average molecular weight is 210 g/mol. The zero-order valence-corrected chi connectivity index (χ0v) is 8.88. The van der Waals surface area contributed by atoms with Crippen molar-refractivity contribution in [1.82, 2.24) is 0 Å². The first-order valence-electron chi connectivity index (χ1n) is 4.65. The van der Waals surface area contributed by atoms with Gasteiger partial charge in [-0.05, 0) is 19.3 Å². The first kappa shape index (κ1) is 13.7. The van der Waals surface area contributed by atoms with Crippen LogP contribution in [0.5, 0.6) is 0 Å². The second-order valence-corrected chi connectivity index (χ2v) is 2.65. The third-order valence-corrected chi connectivity index (χ3v) is 1.46. The van der Waals surface area contributed by atoms with Gasteiger partial charge in [0.05, 0.1) is 6.61 Å². The van der Waals surface area contributed by atoms with E-state index in [0.717, 1.165) is 0 Å². The molecule has 0 aliphatic heterocycles. The van der Waals surface area contributed by atoms with E-state index in [-0.39, 0.29) is 0 Å². The molecular formula is C10H15BO4. The van der Waals surface area contributed by atoms with Gasteiger partial charge in [-0.3, -0.25) is 0 Å². The quantitative estimate of drug-likeness (QED) is 0.302. The Kier molecular flexibility index (Phi) is 7.31. The lowest BCUT2D eigenvalue weighted by Gasteiger charge is -1.97. The summed E-state index contributed by atoms with van der Waals surface area (Å²) in [6, 6.07) is 0. The number of carbonyl (C=O) groups is 1. The number of ether oxygens (including phenoxy) is 1. The smallest absolute Gasteiger partial charge is 0.463 e. The van der Waals surface area contributed by atoms with Crippen molar-refractivity contribution in [3.63, 3.8) is 0 Å². The maximum absolute atomic E-state index is 10.9. The minimum absolute atomic E-state index is 0.304. The van der Waals surface area contributed by atoms with E-state index in [1.807, 2.05) is 0 Å². The van der Waals surface area contributed by atoms with Crippen molar-refractivity contribution in [2.45, 2.75) is 13.8 Å². The summed E-state index contributed by atoms with van der Waals surface area (Å²) in [7, 11) is -1.55. The van der Waals surface area contributed by atoms with E-state index >= 15 is 0 Å². The molecule has 82 valence electrons. The van der Waals surface area contributed by atoms with Crippen LogP contribution < -0.4 is 0 Å². The van der Waals surface area contributed by atoms with E-state index in [1.54, 1.807) is 26.0 Å². The molecule has 5 heteroatoms. The molecule has 4 nitrogen and oxygen atoms in total. The molecule has 2 N–H and O–H groups in total. The van der Waals surface area contributed by atoms with Crippen molar-refractivity contribution in [2.75, 3.05) is 6.61 Å². The zero-order valence-electron chi connectivity index (χ0n) is 8.88. The summed E-state index contributed by atoms with van der Waals surface area (Å²) in [5, 5.41) is 17.8. The Morgan fingerprint density at radius 2 is 2.07 bits per heavy atom. The first-order valence-corrected chi connectivity index (χ1v) is 4.65. The molecule has 0 spiro atoms. The highest BCUT2D eigenvalue weighted by Gasteiger charge is 2.09. The van der Waals surface area contributed by atoms with Crippen molar-refractivity contribution >= 4 is 13.1 Å². The van der Waals surface area contributed by atoms with Crippen molar-refractivity contribution < 1.29 is 19.6 Å². The van der Waals surface area contributed by atoms with Crippen molar-refractivity contribution in [1.29, 1.82) is 0 Å². The number of rotatable bonds is 5. The molecule has 0 saturated heterocycles. The van der Waals surface area contributed by atoms with Crippen LogP contribution in [-0.4, -0.2) is 29.7 Å². The second-order valence-electron chi connectivity index (χ2n) is 2.65. The highest BCUT2D eigenvalue weighted by molar-refractivity contribution is 6.51. The molecule has 0 radical (unpaired) electrons. The Morgan fingerprint density at radius 3 is 2.53 bits per heavy atom. The molecule has 0 aliphatic carbocycles. The molecule has 0 heterocycles. The molecule has 0 atom stereocenters. The van der Waals surface area contributed by atoms with Gasteiger partial charge in [0.25, 0.3) is 0 Å². The maximum atomic E-state index is 10.9. The molecular weight excluding hydrogens is 195 g/mol. The molecule has 0 fully saturated rings. The molecule has 15 heavy (non-hydrogen) atoms. The summed E-state index contributed by atoms with van der Waals surface area (Å²) >= 11 is 0. The van der Waals surface area contributed by atoms with Crippen LogP contribution in [0.3, 0.4) is 0 Å². The zero-order chi connectivity index (χ0) is 11.7. The highest BCUT2D eigenvalue weighted by Crippen LogP contribution is 1.99. The maximum Gasteiger partial charge on any atom is 0.488 e. The monoisotopic (exact) mass is 210 g/mol. The van der Waals surface area contributed by atoms with Crippen LogP contribution in [0.15, 0.2) is 35.9 Å². The van der Waals surface area contributed by atoms with Gasteiger partial charge in [-0.25, -0.2) is 4.79 Å². The largest absolute Gasteiger partial charge is 0.488 e. The molecule has 0 saturated carbocycles. The molecule has 0 aliphatic rings. The summed E-state index contributed by atoms with van der Waals surface area (Å²) in [5.74, 6) is -0.457. The number of allylic oxidation sites excluding steroid dienone is 5. The molecule has 0 aromatic heterocycles. The van der Waals surface area contributed by atoms with Crippen molar-refractivity contribution in [2.24, 2.45) is 0 Å². The summed E-state index contributed by atoms with van der Waals surface area (Å²) in [6.45, 7) is 3.78. The minimum Gasteiger partial charge on any atom is -0.463 e. The van der Waals surface area contributed by atoms with E-state index in [0.29, 0.717) is 12.1 Å². The minimum atomic E-state index is -1.55. The Morgan fingerprint density at radius 1 is 1.40 bits per heavy atom. The van der Waals surface area contributed by atoms with Gasteiger partial charge < -0.3 is 14.8 Å². The van der Waals surface area contributed by atoms with Gasteiger partial charge in [-0.1, -0.05) is 24.3 Å². The van der Waals surface area contributed by atoms with Gasteiger partial charge in [0.15, 0.2) is 0 Å². The lowest BCUT2D eigenvalue weighted by Crippen LogP contribution is -2.13. The van der Waals surface area contributed by atoms with E-state index in [1.165, 1.54) is 18.2 Å². The van der Waals surface area contributed by atoms with Crippen LogP contribution in [0.4, 0.5) is 0 Å². The lowest BCUT2D eigenvalue weighted by atomic mass is 9.79. The van der Waals surface area contributed by atoms with Gasteiger partial charge in [0, 0.05) is 6.08 Å². The van der Waals surface area contributed by atoms with Crippen LogP contribution in [0.2, 0.25) is 0 Å². The molecule has 0 amide bonds. The summed E-state index contributed by atoms with van der Waals surface area (Å²) in [6.07, 6.45) is 7.27. The van der Waals surface area contributed by atoms with E-state index in [4.69, 9.17) is 10.0 Å². The SMILES string of the molecule is C\C=C/C(=C\C=C\C(=O)OCC)B(O)O. The third-order valence-electron chi connectivity index (χ3n) is 1.46. The fourth-order valence-corrected chi connectivity index (χ4v) is 0.848. The Bertz CT molecular complexity index is 279. The lowest BCUT2D eigenvalue weighted by molar-refractivity contribution is -0.137. The van der Waals surface area contributed by atoms with E-state index < -0.39 is 13.1 Å². The predicted molar refractivity (Wildman–Crippen MR) is 58.9 cm³/mol. The molecule has 0 aromatic rings. The number of esters is 1. The molecule has 0 aromatic carbocycles. The van der Waals surface area contributed by atoms with Crippen LogP contribution >= 0.6 is 0 Å². The Hall–Kier alpha value is -1.33. The van der Waals surface area contributed by atoms with Crippen LogP contribution in [0.25, 0.3) is 0 Å². The van der Waals surface area contributed by atoms with Gasteiger partial charge in [-0.15, -0.1) is 0 Å². The highest BCUT2D eigenvalue weighted by atomic mass is 16.5. The normalized spacial score (nSPS) is 12.4. The van der Waals surface area contributed by atoms with Crippen LogP contribution in [0.1, 0.15) is 13.8 Å². The molecule has 0 rings (SSSR count). The molecule has 0 unspecified atom stereocenters. The second kappa shape index (κ2) is 8.02. The average Bonchev–Trinajstić information content (AvgIpc) is 2.16. The fraction of sp³-hybridized carbons (Fsp3) is 0.300. The van der Waals surface area contributed by atoms with Gasteiger partial charge in [0.1, 0.15) is 0 Å². The van der Waals surface area contributed by atoms with Crippen LogP contribution in [0, 0.1) is 0 Å². The van der Waals surface area contributed by atoms with E-state index in [9.17, 15) is 4.79 Å². The Labute approximate surface area is 89.7 Å². The first-order chi connectivity index (χ1) is 7.11. The summed E-state index contributed by atoms with van der Waals surface area (Å²) in [4.78, 5) is 10.9. The predicted octanol–water partition coefficient (Wildman–Crippen LogP) is 0.620. The third kappa shape index (κ3) is 6.71. The van der Waals surface area contributed by atoms with Gasteiger partial charge in [0.2, 0.25) is 0 Å². The number of carbonyl (C=O) groups excluding carboxylic acids is 1. The summed E-state index contributed by atoms with van der Waals surface area (Å²) < 4.78 is 4.65. The van der Waals surface area contributed by atoms with Crippen molar-refractivity contribution in [3.8, 4) is 0 Å². The molecule has 0 bridgehead atoms. The fourth-order valence-electron chi connectivity index (χ4n) is 0.848.